The van der Waals surface area contributed by atoms with Crippen LogP contribution in [0.2, 0.25) is 0 Å². The Morgan fingerprint density at radius 2 is 1.17 bits per heavy atom. The molecule has 1 saturated carbocycles. The molecule has 6 N–H and O–H groups in total. The van der Waals surface area contributed by atoms with Crippen molar-refractivity contribution < 1.29 is 54.1 Å². The molecule has 0 aliphatic heterocycles. The molecule has 0 radical (unpaired) electrons. The van der Waals surface area contributed by atoms with E-state index in [1.54, 1.807) is 0 Å². The van der Waals surface area contributed by atoms with Crippen molar-refractivity contribution in [1.29, 1.82) is 0 Å². The van der Waals surface area contributed by atoms with Crippen LogP contribution in [0.3, 0.4) is 0 Å². The van der Waals surface area contributed by atoms with Crippen LogP contribution in [-0.2, 0) is 34.5 Å². The predicted molar refractivity (Wildman–Crippen MR) is 59.9 cm³/mol. The van der Waals surface area contributed by atoms with E-state index in [1.165, 1.54) is 12.8 Å². The van der Waals surface area contributed by atoms with Gasteiger partial charge in [-0.15, -0.1) is 0 Å². The number of phosphoric acid groups is 2. The van der Waals surface area contributed by atoms with Crippen molar-refractivity contribution >= 4 is 15.6 Å². The largest absolute Gasteiger partial charge is 2.00 e. The molecular formula is C6H16N2O7P2Pt. The van der Waals surface area contributed by atoms with Gasteiger partial charge in [-0.3, -0.25) is 0 Å². The fourth-order valence-electron chi connectivity index (χ4n) is 1.27. The van der Waals surface area contributed by atoms with Gasteiger partial charge in [0, 0.05) is 0 Å². The fourth-order valence-corrected chi connectivity index (χ4v) is 2.38. The first-order valence-electron chi connectivity index (χ1n) is 4.76. The smallest absolute Gasteiger partial charge is 0.676 e. The van der Waals surface area contributed by atoms with Gasteiger partial charge in [0.05, 0.1) is 0 Å². The van der Waals surface area contributed by atoms with Crippen LogP contribution in [0.5, 0.6) is 0 Å². The maximum Gasteiger partial charge on any atom is 2.00 e. The summed E-state index contributed by atoms with van der Waals surface area (Å²) in [6.07, 6.45) is 4.25. The first kappa shape index (κ1) is 21.2. The van der Waals surface area contributed by atoms with Crippen LogP contribution in [0.15, 0.2) is 0 Å². The Balaban J connectivity index is 0. The quantitative estimate of drug-likeness (QED) is 0.430. The number of hydrogen-bond donors (Lipinski definition) is 4. The van der Waals surface area contributed by atoms with Crippen LogP contribution < -0.4 is 0 Å². The Morgan fingerprint density at radius 3 is 1.28 bits per heavy atom. The normalized spacial score (nSPS) is 24.6. The topological polar surface area (TPSA) is 172 Å². The summed E-state index contributed by atoms with van der Waals surface area (Å²) in [6.45, 7) is 0. The molecule has 0 heterocycles. The number of rotatable bonds is 2. The molecular weight excluding hydrogens is 469 g/mol. The van der Waals surface area contributed by atoms with E-state index in [0.29, 0.717) is 0 Å². The maximum absolute atomic E-state index is 9.63. The Labute approximate surface area is 119 Å². The predicted octanol–water partition coefficient (Wildman–Crippen LogP) is 1.59. The van der Waals surface area contributed by atoms with E-state index >= 15 is 0 Å². The molecule has 0 bridgehead atoms. The molecule has 112 valence electrons. The zero-order valence-corrected chi connectivity index (χ0v) is 13.3. The van der Waals surface area contributed by atoms with Gasteiger partial charge < -0.3 is 31.0 Å². The molecule has 0 aromatic carbocycles. The van der Waals surface area contributed by atoms with Gasteiger partial charge in [0.1, 0.15) is 0 Å². The van der Waals surface area contributed by atoms with Crippen molar-refractivity contribution in [3.63, 3.8) is 0 Å². The first-order chi connectivity index (χ1) is 7.51. The van der Waals surface area contributed by atoms with Gasteiger partial charge in [0.25, 0.3) is 0 Å². The van der Waals surface area contributed by atoms with Crippen LogP contribution in [0.25, 0.3) is 11.5 Å². The van der Waals surface area contributed by atoms with E-state index < -0.39 is 15.6 Å². The molecule has 1 fully saturated rings. The molecule has 1 aliphatic carbocycles. The van der Waals surface area contributed by atoms with Crippen LogP contribution >= 0.6 is 15.6 Å². The standard InChI is InChI=1S/C6H12N2.H4O7P2.Pt/c7-5-3-1-2-4-6(5)8;1-8(2,3)7-9(4,5)6;/h5-8H,1-4H2;(H2,1,2,3)(H2,4,5,6);/q-2;;+2/t5-,6+;;. The Hall–Kier alpha value is 0.868. The molecule has 0 aromatic heterocycles. The molecule has 2 atom stereocenters. The summed E-state index contributed by atoms with van der Waals surface area (Å²) in [7, 11) is -10.1. The summed E-state index contributed by atoms with van der Waals surface area (Å²) in [4.78, 5) is 31.0. The maximum atomic E-state index is 9.63. The van der Waals surface area contributed by atoms with Crippen molar-refractivity contribution in [2.75, 3.05) is 0 Å². The van der Waals surface area contributed by atoms with Gasteiger partial charge in [-0.05, 0) is 0 Å². The average molecular weight is 485 g/mol. The third-order valence-electron chi connectivity index (χ3n) is 1.98. The average Bonchev–Trinajstić information content (AvgIpc) is 2.04. The summed E-state index contributed by atoms with van der Waals surface area (Å²) in [5.74, 6) is 0. The van der Waals surface area contributed by atoms with E-state index in [-0.39, 0.29) is 33.1 Å². The van der Waals surface area contributed by atoms with Gasteiger partial charge in [-0.1, -0.05) is 25.7 Å². The van der Waals surface area contributed by atoms with E-state index in [1.807, 2.05) is 0 Å². The number of nitrogens with one attached hydrogen (secondary N) is 2. The second-order valence-corrected chi connectivity index (χ2v) is 6.18. The first-order valence-corrected chi connectivity index (χ1v) is 7.82. The Kier molecular flexibility index (Phi) is 10.5. The van der Waals surface area contributed by atoms with Crippen molar-refractivity contribution in [3.05, 3.63) is 11.5 Å². The van der Waals surface area contributed by atoms with Crippen LogP contribution in [-0.4, -0.2) is 31.7 Å². The zero-order chi connectivity index (χ0) is 13.7. The summed E-state index contributed by atoms with van der Waals surface area (Å²) < 4.78 is 22.2. The van der Waals surface area contributed by atoms with Crippen LogP contribution in [0, 0.1) is 0 Å². The van der Waals surface area contributed by atoms with Gasteiger partial charge in [0.15, 0.2) is 0 Å². The third kappa shape index (κ3) is 13.3. The zero-order valence-electron chi connectivity index (χ0n) is 9.21. The molecule has 0 spiro atoms. The molecule has 12 heteroatoms. The van der Waals surface area contributed by atoms with E-state index in [2.05, 4.69) is 4.31 Å². The van der Waals surface area contributed by atoms with Gasteiger partial charge >= 0.3 is 36.7 Å². The van der Waals surface area contributed by atoms with Gasteiger partial charge in [-0.25, -0.2) is 9.13 Å². The fraction of sp³-hybridized carbons (Fsp3) is 1.00. The monoisotopic (exact) mass is 485 g/mol. The Morgan fingerprint density at radius 1 is 0.889 bits per heavy atom. The van der Waals surface area contributed by atoms with E-state index in [0.717, 1.165) is 12.8 Å². The number of hydrogen-bond acceptors (Lipinski definition) is 3. The second-order valence-electron chi connectivity index (χ2n) is 3.56. The Bertz CT molecular complexity index is 289. The minimum Gasteiger partial charge on any atom is -0.676 e. The summed E-state index contributed by atoms with van der Waals surface area (Å²) in [5, 5.41) is 0. The van der Waals surface area contributed by atoms with Crippen LogP contribution in [0.1, 0.15) is 25.7 Å². The molecule has 0 aromatic rings. The van der Waals surface area contributed by atoms with Gasteiger partial charge in [-0.2, -0.15) is 16.4 Å². The molecule has 1 aliphatic rings. The second kappa shape index (κ2) is 8.92. The molecule has 18 heavy (non-hydrogen) atoms. The molecule has 1 rings (SSSR count). The minimum atomic E-state index is -5.05. The summed E-state index contributed by atoms with van der Waals surface area (Å²) >= 11 is 0. The van der Waals surface area contributed by atoms with Crippen molar-refractivity contribution in [2.45, 2.75) is 37.8 Å². The van der Waals surface area contributed by atoms with Crippen LogP contribution in [0.4, 0.5) is 0 Å². The van der Waals surface area contributed by atoms with Crippen molar-refractivity contribution in [3.8, 4) is 0 Å². The molecule has 0 saturated heterocycles. The van der Waals surface area contributed by atoms with Gasteiger partial charge in [0.2, 0.25) is 0 Å². The molecule has 0 unspecified atom stereocenters. The third-order valence-corrected chi connectivity index (χ3v) is 3.68. The minimum absolute atomic E-state index is 0. The molecule has 9 nitrogen and oxygen atoms in total. The molecule has 0 amide bonds. The van der Waals surface area contributed by atoms with E-state index in [4.69, 9.17) is 31.0 Å². The van der Waals surface area contributed by atoms with Crippen molar-refractivity contribution in [2.24, 2.45) is 0 Å². The summed E-state index contributed by atoms with van der Waals surface area (Å²) in [5.41, 5.74) is 14.6. The summed E-state index contributed by atoms with van der Waals surface area (Å²) in [6, 6.07) is -0.160. The van der Waals surface area contributed by atoms with E-state index in [9.17, 15) is 9.13 Å². The van der Waals surface area contributed by atoms with Crippen molar-refractivity contribution in [1.82, 2.24) is 0 Å². The SMILES string of the molecule is O=P(O)(O)OP(=O)(O)O.[NH-][C@@H]1CCCC[C@@H]1[NH-].[Pt+2].